The van der Waals surface area contributed by atoms with Gasteiger partial charge in [0.05, 0.1) is 53.2 Å². The number of ether oxygens (including phenoxy) is 4. The predicted molar refractivity (Wildman–Crippen MR) is 483 cm³/mol. The minimum atomic E-state index is -4.99. The summed E-state index contributed by atoms with van der Waals surface area (Å²) in [5.41, 5.74) is 20.6. The van der Waals surface area contributed by atoms with Gasteiger partial charge in [-0.25, -0.2) is 48.3 Å². The van der Waals surface area contributed by atoms with Crippen molar-refractivity contribution < 1.29 is 45.3 Å². The summed E-state index contributed by atoms with van der Waals surface area (Å²) in [7, 11) is 4.71. The number of sulfone groups is 1. The van der Waals surface area contributed by atoms with Crippen molar-refractivity contribution in [3.8, 4) is 68.0 Å². The van der Waals surface area contributed by atoms with E-state index >= 15 is 0 Å². The summed E-state index contributed by atoms with van der Waals surface area (Å²) in [6.45, 7) is 9.59. The van der Waals surface area contributed by atoms with Gasteiger partial charge in [-0.05, 0) is 209 Å². The van der Waals surface area contributed by atoms with Gasteiger partial charge in [0.2, 0.25) is 23.8 Å². The molecule has 29 heteroatoms. The van der Waals surface area contributed by atoms with Crippen LogP contribution in [0.2, 0.25) is 0 Å². The normalized spacial score (nSPS) is 15.9. The summed E-state index contributed by atoms with van der Waals surface area (Å²) in [6, 6.07) is 63.1. The first-order chi connectivity index (χ1) is 60.1. The molecule has 4 aliphatic rings. The molecule has 25 nitrogen and oxygen atoms in total. The van der Waals surface area contributed by atoms with Crippen LogP contribution >= 0.6 is 0 Å². The molecule has 16 rings (SSSR count). The lowest BCUT2D eigenvalue weighted by Crippen LogP contribution is -2.30. The molecule has 0 spiro atoms. The van der Waals surface area contributed by atoms with Crippen LogP contribution in [-0.2, 0) is 40.8 Å². The Hall–Kier alpha value is -13.7. The van der Waals surface area contributed by atoms with E-state index in [1.54, 1.807) is 56.0 Å². The Morgan fingerprint density at radius 2 is 0.806 bits per heavy atom. The number of carbonyl (C=O) groups is 1. The van der Waals surface area contributed by atoms with Crippen molar-refractivity contribution in [3.63, 3.8) is 0 Å². The summed E-state index contributed by atoms with van der Waals surface area (Å²) in [4.78, 5) is 56.3. The monoisotopic (exact) mass is 1690 g/mol. The topological polar surface area (TPSA) is 290 Å². The van der Waals surface area contributed by atoms with Crippen LogP contribution < -0.4 is 51.3 Å². The molecule has 0 saturated carbocycles. The van der Waals surface area contributed by atoms with Crippen molar-refractivity contribution in [2.24, 2.45) is 0 Å². The number of hydrogen-bond acceptors (Lipinski definition) is 24. The molecule has 7 N–H and O–H groups in total. The number of benzene rings is 8. The molecule has 0 saturated heterocycles. The second-order valence-electron chi connectivity index (χ2n) is 29.8. The Bertz CT molecular complexity index is 5880. The van der Waals surface area contributed by atoms with E-state index in [1.807, 2.05) is 176 Å². The Morgan fingerprint density at radius 3 is 1.26 bits per heavy atom. The zero-order valence-corrected chi connectivity index (χ0v) is 70.5. The first-order valence-electron chi connectivity index (χ1n) is 40.7. The summed E-state index contributed by atoms with van der Waals surface area (Å²) >= 11 is 0. The third-order valence-electron chi connectivity index (χ3n) is 19.5. The third kappa shape index (κ3) is 26.9. The number of nitrogens with two attached hydrogens (primary N) is 1. The number of nitrogens with zero attached hydrogens (tertiary/aromatic N) is 12. The molecule has 8 aromatic carbocycles. The van der Waals surface area contributed by atoms with Gasteiger partial charge in [-0.2, -0.15) is 13.2 Å². The van der Waals surface area contributed by atoms with Crippen LogP contribution in [0.3, 0.4) is 0 Å². The van der Waals surface area contributed by atoms with Crippen molar-refractivity contribution in [1.29, 1.82) is 0 Å². The molecule has 24 bridgehead atoms. The van der Waals surface area contributed by atoms with Gasteiger partial charge in [0.1, 0.15) is 29.6 Å². The highest BCUT2D eigenvalue weighted by Gasteiger charge is 2.39. The molecule has 0 unspecified atom stereocenters. The minimum Gasteiger partial charge on any atom is -0.493 e. The van der Waals surface area contributed by atoms with E-state index < -0.39 is 21.9 Å². The lowest BCUT2D eigenvalue weighted by Gasteiger charge is -2.18. The van der Waals surface area contributed by atoms with Gasteiger partial charge in [0.25, 0.3) is 0 Å². The number of fused-ring (bicyclic) bond motifs is 28. The largest absolute Gasteiger partial charge is 0.493 e. The number of hydrogen-bond donors (Lipinski definition) is 6. The van der Waals surface area contributed by atoms with Crippen LogP contribution in [0, 0.1) is 0 Å². The molecule has 638 valence electrons. The molecule has 8 heterocycles. The number of anilines is 10. The first kappa shape index (κ1) is 88.1. The number of nitrogens with one attached hydrogen (secondary N) is 5. The van der Waals surface area contributed by atoms with Gasteiger partial charge in [0, 0.05) is 134 Å². The molecular formula is C95H99F3N18O7S. The Morgan fingerprint density at radius 1 is 0.419 bits per heavy atom. The molecule has 1 amide bonds. The summed E-state index contributed by atoms with van der Waals surface area (Å²) in [6.07, 6.45) is 20.9. The Labute approximate surface area is 720 Å². The van der Waals surface area contributed by atoms with Crippen molar-refractivity contribution >= 4 is 73.7 Å². The molecule has 0 fully saturated rings. The van der Waals surface area contributed by atoms with E-state index in [0.29, 0.717) is 98.0 Å². The average molecular weight is 1690 g/mol. The SMILES string of the molecule is CCS(=O)(=O)c1ccc2cc1CN(C)C/C=C/CCOc1cccc(c1)-c1ccnc(n1)N2.CN1C/C=C/CCOc2cccc(c2)-c2ccnc(n2)Nc2cc(N)cc(c2)C1.CN1C/C=C/CCOc2cccc(c2)-c2ccnc(n2)Nc2cc(cc(NC(=O)C(F)(F)F)c2)C1.CN1C/C=C/COc2cccc(c2)-c2ccnc(n2)Nc2cccc(c2)C1. The first-order valence-corrected chi connectivity index (χ1v) is 42.3. The van der Waals surface area contributed by atoms with Crippen LogP contribution in [0.4, 0.5) is 71.1 Å². The van der Waals surface area contributed by atoms with Crippen LogP contribution in [0.25, 0.3) is 45.0 Å². The number of nitrogen functional groups attached to an aromatic ring is 1. The molecular weight excluding hydrogens is 1590 g/mol. The second-order valence-corrected chi connectivity index (χ2v) is 32.1. The lowest BCUT2D eigenvalue weighted by molar-refractivity contribution is -0.167. The number of carbonyl (C=O) groups excluding carboxylic acids is 1. The Balaban J connectivity index is 0.000000143. The van der Waals surface area contributed by atoms with Crippen molar-refractivity contribution in [1.82, 2.24) is 59.5 Å². The van der Waals surface area contributed by atoms with E-state index in [9.17, 15) is 26.4 Å². The quantitative estimate of drug-likeness (QED) is 0.0708. The maximum Gasteiger partial charge on any atom is 0.471 e. The molecule has 0 radical (unpaired) electrons. The number of likely N-dealkylation sites (N-methyl/N-ethyl adjacent to an activating group) is 4. The highest BCUT2D eigenvalue weighted by atomic mass is 32.2. The predicted octanol–water partition coefficient (Wildman–Crippen LogP) is 18.1. The smallest absolute Gasteiger partial charge is 0.471 e. The highest BCUT2D eigenvalue weighted by molar-refractivity contribution is 7.91. The van der Waals surface area contributed by atoms with Crippen molar-refractivity contribution in [2.75, 3.05) is 119 Å². The fourth-order valence-corrected chi connectivity index (χ4v) is 14.7. The van der Waals surface area contributed by atoms with Crippen molar-refractivity contribution in [2.45, 2.75) is 63.4 Å². The average Bonchev–Trinajstić information content (AvgIpc) is 0.788. The summed E-state index contributed by atoms with van der Waals surface area (Å²) in [5, 5.41) is 14.8. The van der Waals surface area contributed by atoms with Crippen LogP contribution in [-0.4, -0.2) is 167 Å². The van der Waals surface area contributed by atoms with E-state index in [2.05, 4.69) is 151 Å². The molecule has 12 aromatic rings. The van der Waals surface area contributed by atoms with Gasteiger partial charge < -0.3 is 51.3 Å². The van der Waals surface area contributed by atoms with Crippen molar-refractivity contribution in [3.05, 3.63) is 296 Å². The Kier molecular flexibility index (Phi) is 30.7. The van der Waals surface area contributed by atoms with E-state index in [-0.39, 0.29) is 17.4 Å². The molecule has 0 aliphatic carbocycles. The third-order valence-corrected chi connectivity index (χ3v) is 21.4. The number of rotatable bonds is 3. The van der Waals surface area contributed by atoms with Gasteiger partial charge in [-0.3, -0.25) is 24.4 Å². The number of halogens is 3. The molecule has 4 aliphatic heterocycles. The standard InChI is InChI=1S/C25H24F3N5O2.C25H28N4O3S.C23H25N5O.C22H22N4O/c1-33-10-3-2-4-11-35-21-7-5-6-18(14-21)22-8-9-29-24(32-22)31-20-13-17(16-33)12-19(15-20)30-23(34)25(26,27)28;1-3-33(30,31)24-11-10-21-16-20(24)18-29(2)14-5-4-6-15-32-22-9-7-8-19(17-22)23-12-13-26-25(27-21)28-23;1-28-10-3-2-4-11-29-21-7-5-6-18(14-21)22-8-9-25-23(27-22)26-20-13-17(16-28)12-19(24)15-20;1-26-12-2-3-13-27-20-9-5-7-18(15-20)21-10-11-23-22(25-21)24-19-8-4-6-17(14-19)16-26/h2-3,5-9,12-15H,4,10-11,16H2,1H3,(H,30,34)(H,29,31,32);4-5,7-13,16-17H,3,6,14-15,18H2,1-2H3,(H,26,27,28);2-3,5-9,12-15H,4,10-11,16,24H2,1H3,(H,25,26,27);2-11,14-15H,12-13,16H2,1H3,(H,23,24,25)/b3-2+;5-4+;2*3-2+. The fraction of sp³-hybridized carbons (Fsp3) is 0.232. The molecule has 4 aromatic heterocycles. The molecule has 124 heavy (non-hydrogen) atoms. The number of aromatic nitrogens is 8. The van der Waals surface area contributed by atoms with E-state index in [1.165, 1.54) is 17.7 Å². The second kappa shape index (κ2) is 43.2. The zero-order valence-electron chi connectivity index (χ0n) is 69.6. The summed E-state index contributed by atoms with van der Waals surface area (Å²) < 4.78 is 87.4. The summed E-state index contributed by atoms with van der Waals surface area (Å²) in [5.74, 6) is 3.01. The van der Waals surface area contributed by atoms with Gasteiger partial charge in [0.15, 0.2) is 9.84 Å². The zero-order chi connectivity index (χ0) is 86.6. The minimum absolute atomic E-state index is 0.0201. The number of alkyl halides is 3. The molecule has 0 atom stereocenters. The van der Waals surface area contributed by atoms with Crippen LogP contribution in [0.15, 0.2) is 278 Å². The van der Waals surface area contributed by atoms with Gasteiger partial charge >= 0.3 is 12.1 Å². The maximum atomic E-state index is 12.8. The number of amides is 1. The lowest BCUT2D eigenvalue weighted by atomic mass is 10.1. The van der Waals surface area contributed by atoms with E-state index in [0.717, 1.165) is 136 Å². The highest BCUT2D eigenvalue weighted by Crippen LogP contribution is 2.33. The maximum absolute atomic E-state index is 12.8. The van der Waals surface area contributed by atoms with Crippen LogP contribution in [0.1, 0.15) is 48.4 Å². The van der Waals surface area contributed by atoms with Gasteiger partial charge in [-0.1, -0.05) is 116 Å². The van der Waals surface area contributed by atoms with Crippen LogP contribution in [0.5, 0.6) is 23.0 Å². The fourth-order valence-electron chi connectivity index (χ4n) is 13.6. The van der Waals surface area contributed by atoms with E-state index in [4.69, 9.17) is 24.7 Å². The van der Waals surface area contributed by atoms with Gasteiger partial charge in [-0.15, -0.1) is 0 Å².